The standard InChI is InChI=1S/C22H24ClNO5/c1-13-8-14-2-3-16(23)9-18(14)19-10-21(25)24(11-15(19)12-29-13)20(22(26)27)6-7-28-17-4-5-17/h2-3,9-11,13,17,20H,4-8,12H2,1H3,(H,26,27)/t13-,20?/m1/s1. The van der Waals surface area contributed by atoms with Crippen LogP contribution >= 0.6 is 11.6 Å². The van der Waals surface area contributed by atoms with Crippen LogP contribution in [0.2, 0.25) is 5.02 Å². The lowest BCUT2D eigenvalue weighted by Crippen LogP contribution is -2.31. The third-order valence-electron chi connectivity index (χ3n) is 5.45. The van der Waals surface area contributed by atoms with Crippen LogP contribution < -0.4 is 5.56 Å². The molecule has 0 radical (unpaired) electrons. The zero-order valence-electron chi connectivity index (χ0n) is 16.3. The molecule has 1 aromatic heterocycles. The van der Waals surface area contributed by atoms with E-state index in [1.54, 1.807) is 6.20 Å². The highest BCUT2D eigenvalue weighted by Crippen LogP contribution is 2.33. The molecule has 0 spiro atoms. The van der Waals surface area contributed by atoms with E-state index in [1.165, 1.54) is 10.6 Å². The van der Waals surface area contributed by atoms with Crippen molar-refractivity contribution in [3.63, 3.8) is 0 Å². The molecule has 1 unspecified atom stereocenters. The van der Waals surface area contributed by atoms with Gasteiger partial charge in [0.2, 0.25) is 0 Å². The van der Waals surface area contributed by atoms with Gasteiger partial charge in [0.05, 0.1) is 18.8 Å². The van der Waals surface area contributed by atoms with Gasteiger partial charge in [-0.25, -0.2) is 4.79 Å². The average molecular weight is 418 g/mol. The van der Waals surface area contributed by atoms with Crippen molar-refractivity contribution in [2.24, 2.45) is 0 Å². The molecule has 4 rings (SSSR count). The highest BCUT2D eigenvalue weighted by atomic mass is 35.5. The molecule has 2 atom stereocenters. The van der Waals surface area contributed by atoms with Crippen LogP contribution in [0.1, 0.15) is 43.4 Å². The van der Waals surface area contributed by atoms with Gasteiger partial charge in [0.25, 0.3) is 5.56 Å². The van der Waals surface area contributed by atoms with E-state index in [2.05, 4.69) is 0 Å². The van der Waals surface area contributed by atoms with E-state index in [4.69, 9.17) is 21.1 Å². The Hall–Kier alpha value is -2.15. The van der Waals surface area contributed by atoms with E-state index in [0.29, 0.717) is 24.7 Å². The molecular weight excluding hydrogens is 394 g/mol. The number of halogens is 1. The molecule has 29 heavy (non-hydrogen) atoms. The fourth-order valence-corrected chi connectivity index (χ4v) is 3.91. The number of rotatable bonds is 6. The van der Waals surface area contributed by atoms with Crippen LogP contribution in [0.25, 0.3) is 11.1 Å². The largest absolute Gasteiger partial charge is 0.480 e. The molecule has 6 nitrogen and oxygen atoms in total. The van der Waals surface area contributed by atoms with Gasteiger partial charge in [-0.15, -0.1) is 0 Å². The van der Waals surface area contributed by atoms with Crippen molar-refractivity contribution in [1.82, 2.24) is 4.57 Å². The van der Waals surface area contributed by atoms with Crippen LogP contribution in [0, 0.1) is 0 Å². The van der Waals surface area contributed by atoms with Crippen LogP contribution in [-0.4, -0.2) is 34.5 Å². The molecule has 2 aromatic rings. The van der Waals surface area contributed by atoms with E-state index in [9.17, 15) is 14.7 Å². The summed E-state index contributed by atoms with van der Waals surface area (Å²) in [5.41, 5.74) is 3.11. The highest BCUT2D eigenvalue weighted by molar-refractivity contribution is 6.30. The fraction of sp³-hybridized carbons (Fsp3) is 0.455. The van der Waals surface area contributed by atoms with E-state index in [0.717, 1.165) is 35.1 Å². The Morgan fingerprint density at radius 1 is 1.31 bits per heavy atom. The molecule has 7 heteroatoms. The predicted molar refractivity (Wildman–Crippen MR) is 109 cm³/mol. The maximum absolute atomic E-state index is 12.9. The number of nitrogens with zero attached hydrogens (tertiary/aromatic N) is 1. The summed E-state index contributed by atoms with van der Waals surface area (Å²) in [7, 11) is 0. The van der Waals surface area contributed by atoms with Gasteiger partial charge in [0, 0.05) is 35.9 Å². The zero-order chi connectivity index (χ0) is 20.5. The Kier molecular flexibility index (Phi) is 5.76. The maximum atomic E-state index is 12.9. The summed E-state index contributed by atoms with van der Waals surface area (Å²) < 4.78 is 12.8. The summed E-state index contributed by atoms with van der Waals surface area (Å²) >= 11 is 6.22. The Labute approximate surface area is 174 Å². The lowest BCUT2D eigenvalue weighted by atomic mass is 9.92. The normalized spacial score (nSPS) is 19.6. The van der Waals surface area contributed by atoms with Gasteiger partial charge in [0.15, 0.2) is 0 Å². The number of benzene rings is 1. The van der Waals surface area contributed by atoms with Crippen molar-refractivity contribution in [2.75, 3.05) is 6.61 Å². The zero-order valence-corrected chi connectivity index (χ0v) is 17.0. The summed E-state index contributed by atoms with van der Waals surface area (Å²) in [6.45, 7) is 2.61. The minimum absolute atomic E-state index is 0.00864. The summed E-state index contributed by atoms with van der Waals surface area (Å²) in [6.07, 6.45) is 4.85. The molecule has 0 amide bonds. The smallest absolute Gasteiger partial charge is 0.326 e. The van der Waals surface area contributed by atoms with Gasteiger partial charge in [-0.3, -0.25) is 4.79 Å². The number of aromatic nitrogens is 1. The summed E-state index contributed by atoms with van der Waals surface area (Å²) in [5.74, 6) is -1.05. The van der Waals surface area contributed by atoms with E-state index in [-0.39, 0.29) is 24.2 Å². The van der Waals surface area contributed by atoms with Crippen LogP contribution in [0.5, 0.6) is 0 Å². The molecule has 1 saturated carbocycles. The second-order valence-corrected chi connectivity index (χ2v) is 8.23. The van der Waals surface area contributed by atoms with E-state index < -0.39 is 12.0 Å². The molecule has 1 N–H and O–H groups in total. The van der Waals surface area contributed by atoms with Gasteiger partial charge in [-0.05, 0) is 55.0 Å². The first-order valence-corrected chi connectivity index (χ1v) is 10.3. The second kappa shape index (κ2) is 8.30. The van der Waals surface area contributed by atoms with Crippen LogP contribution in [-0.2, 0) is 27.3 Å². The average Bonchev–Trinajstić information content (AvgIpc) is 3.49. The number of carbonyl (C=O) groups is 1. The molecule has 2 aliphatic rings. The monoisotopic (exact) mass is 417 g/mol. The Bertz CT molecular complexity index is 982. The third-order valence-corrected chi connectivity index (χ3v) is 5.68. The van der Waals surface area contributed by atoms with Crippen molar-refractivity contribution < 1.29 is 19.4 Å². The molecule has 0 saturated heterocycles. The Morgan fingerprint density at radius 2 is 2.07 bits per heavy atom. The summed E-state index contributed by atoms with van der Waals surface area (Å²) in [4.78, 5) is 24.8. The molecule has 2 heterocycles. The number of ether oxygens (including phenoxy) is 2. The lowest BCUT2D eigenvalue weighted by molar-refractivity contribution is -0.141. The molecule has 0 bridgehead atoms. The summed E-state index contributed by atoms with van der Waals surface area (Å²) in [5, 5.41) is 10.3. The molecule has 1 fully saturated rings. The Balaban J connectivity index is 1.73. The van der Waals surface area contributed by atoms with Crippen molar-refractivity contribution >= 4 is 17.6 Å². The Morgan fingerprint density at radius 3 is 2.79 bits per heavy atom. The number of aliphatic carboxylic acids is 1. The minimum atomic E-state index is -1.05. The van der Waals surface area contributed by atoms with Crippen molar-refractivity contribution in [1.29, 1.82) is 0 Å². The number of fused-ring (bicyclic) bond motifs is 3. The van der Waals surface area contributed by atoms with Gasteiger partial charge >= 0.3 is 5.97 Å². The topological polar surface area (TPSA) is 77.8 Å². The van der Waals surface area contributed by atoms with Crippen molar-refractivity contribution in [3.05, 3.63) is 57.0 Å². The van der Waals surface area contributed by atoms with Gasteiger partial charge in [-0.1, -0.05) is 17.7 Å². The number of hydrogen-bond donors (Lipinski definition) is 1. The SMILES string of the molecule is C[C@@H]1Cc2ccc(Cl)cc2-c2cc(=O)n(C(CCOC3CC3)C(=O)O)cc2CO1. The fourth-order valence-electron chi connectivity index (χ4n) is 3.74. The van der Waals surface area contributed by atoms with E-state index in [1.807, 2.05) is 25.1 Å². The van der Waals surface area contributed by atoms with Gasteiger partial charge in [-0.2, -0.15) is 0 Å². The first kappa shape index (κ1) is 20.1. The molecular formula is C22H24ClNO5. The maximum Gasteiger partial charge on any atom is 0.326 e. The third kappa shape index (κ3) is 4.55. The number of pyridine rings is 1. The van der Waals surface area contributed by atoms with Crippen molar-refractivity contribution in [3.8, 4) is 11.1 Å². The molecule has 1 aliphatic carbocycles. The molecule has 1 aromatic carbocycles. The first-order chi connectivity index (χ1) is 13.9. The first-order valence-electron chi connectivity index (χ1n) is 9.92. The summed E-state index contributed by atoms with van der Waals surface area (Å²) in [6, 6.07) is 6.16. The van der Waals surface area contributed by atoms with Crippen molar-refractivity contribution in [2.45, 2.75) is 57.5 Å². The number of hydrogen-bond acceptors (Lipinski definition) is 4. The van der Waals surface area contributed by atoms with Gasteiger partial charge < -0.3 is 19.1 Å². The second-order valence-electron chi connectivity index (χ2n) is 7.80. The lowest BCUT2D eigenvalue weighted by Gasteiger charge is -2.24. The number of carboxylic acids is 1. The minimum Gasteiger partial charge on any atom is -0.480 e. The van der Waals surface area contributed by atoms with E-state index >= 15 is 0 Å². The van der Waals surface area contributed by atoms with Crippen LogP contribution in [0.4, 0.5) is 0 Å². The van der Waals surface area contributed by atoms with Gasteiger partial charge in [0.1, 0.15) is 6.04 Å². The highest BCUT2D eigenvalue weighted by Gasteiger charge is 2.26. The van der Waals surface area contributed by atoms with Crippen LogP contribution in [0.15, 0.2) is 35.3 Å². The molecule has 1 aliphatic heterocycles. The number of carboxylic acid groups (broad SMARTS) is 1. The predicted octanol–water partition coefficient (Wildman–Crippen LogP) is 3.82. The quantitative estimate of drug-likeness (QED) is 0.772. The molecule has 154 valence electrons. The van der Waals surface area contributed by atoms with Crippen LogP contribution in [0.3, 0.4) is 0 Å².